The number of carbonyl (C=O) groups excluding carboxylic acids is 1. The minimum Gasteiger partial charge on any atom is -0.338 e. The second-order valence-corrected chi connectivity index (χ2v) is 7.53. The number of likely N-dealkylation sites (tertiary alicyclic amines) is 1. The van der Waals surface area contributed by atoms with E-state index in [2.05, 4.69) is 20.4 Å². The Labute approximate surface area is 172 Å². The molecule has 29 heavy (non-hydrogen) atoms. The van der Waals surface area contributed by atoms with Crippen molar-refractivity contribution in [1.82, 2.24) is 15.0 Å². The minimum absolute atomic E-state index is 0.106. The highest BCUT2D eigenvalue weighted by atomic mass is 35.5. The summed E-state index contributed by atoms with van der Waals surface area (Å²) < 4.78 is 18.7. The molecule has 1 N–H and O–H groups in total. The van der Waals surface area contributed by atoms with Crippen molar-refractivity contribution >= 4 is 23.2 Å². The van der Waals surface area contributed by atoms with Crippen molar-refractivity contribution in [1.29, 1.82) is 0 Å². The molecule has 2 heterocycles. The summed E-state index contributed by atoms with van der Waals surface area (Å²) >= 11 is 6.02. The highest BCUT2D eigenvalue weighted by molar-refractivity contribution is 6.30. The maximum absolute atomic E-state index is 13.3. The van der Waals surface area contributed by atoms with Crippen LogP contribution in [0.5, 0.6) is 0 Å². The number of anilines is 1. The van der Waals surface area contributed by atoms with Crippen LogP contribution in [0.3, 0.4) is 0 Å². The number of amides is 1. The molecule has 0 aliphatic carbocycles. The second kappa shape index (κ2) is 8.71. The van der Waals surface area contributed by atoms with Crippen molar-refractivity contribution in [3.8, 4) is 11.4 Å². The first-order valence-electron chi connectivity index (χ1n) is 9.44. The van der Waals surface area contributed by atoms with Gasteiger partial charge < -0.3 is 9.84 Å². The first kappa shape index (κ1) is 19.5. The van der Waals surface area contributed by atoms with E-state index in [-0.39, 0.29) is 17.6 Å². The molecule has 1 amide bonds. The molecule has 1 fully saturated rings. The number of benzene rings is 2. The molecule has 0 spiro atoms. The van der Waals surface area contributed by atoms with Crippen LogP contribution >= 0.6 is 11.6 Å². The van der Waals surface area contributed by atoms with Gasteiger partial charge in [0.05, 0.1) is 12.5 Å². The first-order valence-corrected chi connectivity index (χ1v) is 9.82. The fraction of sp³-hybridized carbons (Fsp3) is 0.286. The van der Waals surface area contributed by atoms with Crippen molar-refractivity contribution in [3.63, 3.8) is 0 Å². The number of nitrogens with one attached hydrogen (secondary N) is 1. The van der Waals surface area contributed by atoms with Gasteiger partial charge in [-0.25, -0.2) is 4.39 Å². The molecular formula is C21H20ClFN4O2. The van der Waals surface area contributed by atoms with Crippen LogP contribution in [0.1, 0.15) is 18.7 Å². The summed E-state index contributed by atoms with van der Waals surface area (Å²) in [5.41, 5.74) is 1.26. The van der Waals surface area contributed by atoms with E-state index in [4.69, 9.17) is 16.1 Å². The van der Waals surface area contributed by atoms with Crippen molar-refractivity contribution in [2.24, 2.45) is 5.92 Å². The summed E-state index contributed by atoms with van der Waals surface area (Å²) in [6.45, 7) is 1.89. The zero-order chi connectivity index (χ0) is 20.2. The standard InChI is InChI=1S/C21H20ClFN4O2/c22-16-6-1-4-14(10-16)20-25-19(29-26-20)13-27-9-3-5-15(12-27)21(28)24-18-8-2-7-17(23)11-18/h1-2,4,6-8,10-11,15H,3,5,9,12-13H2,(H,24,28). The summed E-state index contributed by atoms with van der Waals surface area (Å²) in [5.74, 6) is 0.318. The molecule has 1 aliphatic heterocycles. The van der Waals surface area contributed by atoms with Crippen LogP contribution in [0.2, 0.25) is 5.02 Å². The Hall–Kier alpha value is -2.77. The summed E-state index contributed by atoms with van der Waals surface area (Å²) in [6, 6.07) is 13.2. The maximum atomic E-state index is 13.3. The summed E-state index contributed by atoms with van der Waals surface area (Å²) in [5, 5.41) is 7.43. The third kappa shape index (κ3) is 4.99. The molecule has 1 aromatic heterocycles. The molecule has 0 bridgehead atoms. The zero-order valence-corrected chi connectivity index (χ0v) is 16.4. The van der Waals surface area contributed by atoms with E-state index in [1.54, 1.807) is 24.3 Å². The summed E-state index contributed by atoms with van der Waals surface area (Å²) in [7, 11) is 0. The van der Waals surface area contributed by atoms with Gasteiger partial charge in [-0.3, -0.25) is 9.69 Å². The first-order chi connectivity index (χ1) is 14.1. The van der Waals surface area contributed by atoms with Gasteiger partial charge in [0.15, 0.2) is 0 Å². The Kier molecular flexibility index (Phi) is 5.87. The number of halogens is 2. The van der Waals surface area contributed by atoms with E-state index in [0.29, 0.717) is 35.5 Å². The van der Waals surface area contributed by atoms with Crippen LogP contribution in [0.25, 0.3) is 11.4 Å². The lowest BCUT2D eigenvalue weighted by atomic mass is 9.97. The molecule has 1 atom stereocenters. The van der Waals surface area contributed by atoms with E-state index >= 15 is 0 Å². The Morgan fingerprint density at radius 3 is 2.97 bits per heavy atom. The topological polar surface area (TPSA) is 71.3 Å². The number of hydrogen-bond donors (Lipinski definition) is 1. The Bertz CT molecular complexity index is 1010. The van der Waals surface area contributed by atoms with Gasteiger partial charge in [0.25, 0.3) is 0 Å². The second-order valence-electron chi connectivity index (χ2n) is 7.10. The van der Waals surface area contributed by atoms with Crippen molar-refractivity contribution < 1.29 is 13.7 Å². The summed E-state index contributed by atoms with van der Waals surface area (Å²) in [4.78, 5) is 19.1. The Balaban J connectivity index is 1.37. The van der Waals surface area contributed by atoms with Gasteiger partial charge in [-0.05, 0) is 49.7 Å². The lowest BCUT2D eigenvalue weighted by Gasteiger charge is -2.30. The number of aromatic nitrogens is 2. The fourth-order valence-electron chi connectivity index (χ4n) is 3.48. The zero-order valence-electron chi connectivity index (χ0n) is 15.6. The SMILES string of the molecule is O=C(Nc1cccc(F)c1)C1CCCN(Cc2nc(-c3cccc(Cl)c3)no2)C1. The monoisotopic (exact) mass is 414 g/mol. The molecular weight excluding hydrogens is 395 g/mol. The average Bonchev–Trinajstić information content (AvgIpc) is 3.17. The molecule has 0 saturated carbocycles. The normalized spacial score (nSPS) is 17.2. The van der Waals surface area contributed by atoms with E-state index in [0.717, 1.165) is 24.9 Å². The number of piperidine rings is 1. The van der Waals surface area contributed by atoms with E-state index < -0.39 is 0 Å². The highest BCUT2D eigenvalue weighted by Crippen LogP contribution is 2.23. The summed E-state index contributed by atoms with van der Waals surface area (Å²) in [6.07, 6.45) is 1.67. The van der Waals surface area contributed by atoms with Crippen LogP contribution in [-0.2, 0) is 11.3 Å². The van der Waals surface area contributed by atoms with Gasteiger partial charge in [0, 0.05) is 22.8 Å². The fourth-order valence-corrected chi connectivity index (χ4v) is 3.67. The number of rotatable bonds is 5. The van der Waals surface area contributed by atoms with Crippen LogP contribution in [-0.4, -0.2) is 34.0 Å². The van der Waals surface area contributed by atoms with Gasteiger partial charge in [0.1, 0.15) is 5.82 Å². The number of nitrogens with zero attached hydrogens (tertiary/aromatic N) is 3. The quantitative estimate of drug-likeness (QED) is 0.670. The van der Waals surface area contributed by atoms with Crippen LogP contribution in [0.15, 0.2) is 53.1 Å². The van der Waals surface area contributed by atoms with Crippen molar-refractivity contribution in [3.05, 3.63) is 65.3 Å². The number of hydrogen-bond acceptors (Lipinski definition) is 5. The third-order valence-electron chi connectivity index (χ3n) is 4.88. The van der Waals surface area contributed by atoms with E-state index in [1.807, 2.05) is 12.1 Å². The molecule has 0 radical (unpaired) electrons. The lowest BCUT2D eigenvalue weighted by molar-refractivity contribution is -0.121. The van der Waals surface area contributed by atoms with Crippen LogP contribution in [0, 0.1) is 11.7 Å². The van der Waals surface area contributed by atoms with Crippen molar-refractivity contribution in [2.75, 3.05) is 18.4 Å². The van der Waals surface area contributed by atoms with E-state index in [1.165, 1.54) is 12.1 Å². The van der Waals surface area contributed by atoms with Gasteiger partial charge in [-0.2, -0.15) is 4.98 Å². The predicted octanol–water partition coefficient (Wildman–Crippen LogP) is 4.38. The van der Waals surface area contributed by atoms with Gasteiger partial charge in [0.2, 0.25) is 17.6 Å². The molecule has 6 nitrogen and oxygen atoms in total. The molecule has 1 aliphatic rings. The van der Waals surface area contributed by atoms with Crippen LogP contribution < -0.4 is 5.32 Å². The smallest absolute Gasteiger partial charge is 0.241 e. The molecule has 150 valence electrons. The third-order valence-corrected chi connectivity index (χ3v) is 5.11. The van der Waals surface area contributed by atoms with Gasteiger partial charge >= 0.3 is 0 Å². The minimum atomic E-state index is -0.375. The van der Waals surface area contributed by atoms with Gasteiger partial charge in [-0.1, -0.05) is 35.0 Å². The van der Waals surface area contributed by atoms with Crippen LogP contribution in [0.4, 0.5) is 10.1 Å². The van der Waals surface area contributed by atoms with Gasteiger partial charge in [-0.15, -0.1) is 0 Å². The molecule has 2 aromatic carbocycles. The Morgan fingerprint density at radius 1 is 1.28 bits per heavy atom. The average molecular weight is 415 g/mol. The molecule has 1 unspecified atom stereocenters. The molecule has 3 aromatic rings. The highest BCUT2D eigenvalue weighted by Gasteiger charge is 2.27. The molecule has 1 saturated heterocycles. The molecule has 8 heteroatoms. The molecule has 4 rings (SSSR count). The maximum Gasteiger partial charge on any atom is 0.241 e. The van der Waals surface area contributed by atoms with Crippen molar-refractivity contribution in [2.45, 2.75) is 19.4 Å². The Morgan fingerprint density at radius 2 is 2.14 bits per heavy atom. The van der Waals surface area contributed by atoms with E-state index in [9.17, 15) is 9.18 Å². The largest absolute Gasteiger partial charge is 0.338 e. The lowest BCUT2D eigenvalue weighted by Crippen LogP contribution is -2.40. The number of carbonyl (C=O) groups is 1. The predicted molar refractivity (Wildman–Crippen MR) is 108 cm³/mol.